The number of aliphatic hydroxyl groups excluding tert-OH is 1. The minimum Gasteiger partial charge on any atom is -0.491 e. The Morgan fingerprint density at radius 1 is 1.45 bits per heavy atom. The molecular formula is C15H21N3O4. The summed E-state index contributed by atoms with van der Waals surface area (Å²) in [7, 11) is 0. The van der Waals surface area contributed by atoms with Gasteiger partial charge in [0.1, 0.15) is 18.5 Å². The van der Waals surface area contributed by atoms with Crippen LogP contribution >= 0.6 is 0 Å². The first-order valence-corrected chi connectivity index (χ1v) is 7.20. The first-order chi connectivity index (χ1) is 10.5. The first kappa shape index (κ1) is 16.3. The standard InChI is InChI=1S/C15H21N3O4/c1-11(19)17-12-2-4-14(5-3-12)22-10-13(20)8-18-7-6-16-15(21)9-18/h2-5,13,20H,6-10H2,1H3,(H,16,21)(H,17,19). The Bertz CT molecular complexity index is 518. The number of carbonyl (C=O) groups excluding carboxylic acids is 2. The van der Waals surface area contributed by atoms with Gasteiger partial charge < -0.3 is 20.5 Å². The van der Waals surface area contributed by atoms with E-state index in [1.165, 1.54) is 6.92 Å². The van der Waals surface area contributed by atoms with Crippen molar-refractivity contribution in [3.63, 3.8) is 0 Å². The third-order valence-corrected chi connectivity index (χ3v) is 3.20. The van der Waals surface area contributed by atoms with Crippen molar-refractivity contribution in [2.75, 3.05) is 38.1 Å². The molecule has 1 aliphatic rings. The molecule has 3 N–H and O–H groups in total. The molecule has 0 bridgehead atoms. The molecule has 0 spiro atoms. The zero-order valence-corrected chi connectivity index (χ0v) is 12.5. The van der Waals surface area contributed by atoms with Gasteiger partial charge in [-0.25, -0.2) is 0 Å². The van der Waals surface area contributed by atoms with Gasteiger partial charge in [-0.05, 0) is 24.3 Å². The van der Waals surface area contributed by atoms with Crippen LogP contribution in [0.2, 0.25) is 0 Å². The van der Waals surface area contributed by atoms with E-state index in [1.54, 1.807) is 24.3 Å². The number of β-amino-alcohol motifs (C(OH)–C–C–N with tert-alkyl or cyclic N) is 1. The lowest BCUT2D eigenvalue weighted by atomic mass is 10.2. The van der Waals surface area contributed by atoms with Gasteiger partial charge in [-0.1, -0.05) is 0 Å². The van der Waals surface area contributed by atoms with Crippen molar-refractivity contribution in [1.29, 1.82) is 0 Å². The van der Waals surface area contributed by atoms with Crippen molar-refractivity contribution >= 4 is 17.5 Å². The lowest BCUT2D eigenvalue weighted by Crippen LogP contribution is -2.50. The Hall–Kier alpha value is -2.12. The van der Waals surface area contributed by atoms with Crippen molar-refractivity contribution in [2.24, 2.45) is 0 Å². The van der Waals surface area contributed by atoms with Gasteiger partial charge in [0.25, 0.3) is 0 Å². The van der Waals surface area contributed by atoms with Crippen LogP contribution in [-0.4, -0.2) is 60.7 Å². The lowest BCUT2D eigenvalue weighted by Gasteiger charge is -2.28. The molecule has 2 rings (SSSR count). The van der Waals surface area contributed by atoms with Crippen molar-refractivity contribution in [1.82, 2.24) is 10.2 Å². The van der Waals surface area contributed by atoms with E-state index < -0.39 is 6.10 Å². The van der Waals surface area contributed by atoms with Crippen LogP contribution in [0.3, 0.4) is 0 Å². The van der Waals surface area contributed by atoms with Crippen molar-refractivity contribution in [3.05, 3.63) is 24.3 Å². The summed E-state index contributed by atoms with van der Waals surface area (Å²) >= 11 is 0. The Kier molecular flexibility index (Phi) is 5.74. The Balaban J connectivity index is 1.74. The summed E-state index contributed by atoms with van der Waals surface area (Å²) in [4.78, 5) is 24.1. The van der Waals surface area contributed by atoms with Gasteiger partial charge in [0.2, 0.25) is 11.8 Å². The molecule has 1 heterocycles. The third kappa shape index (κ3) is 5.34. The van der Waals surface area contributed by atoms with Crippen molar-refractivity contribution < 1.29 is 19.4 Å². The van der Waals surface area contributed by atoms with E-state index in [0.29, 0.717) is 31.1 Å². The number of benzene rings is 1. The molecule has 1 unspecified atom stereocenters. The smallest absolute Gasteiger partial charge is 0.234 e. The molecular weight excluding hydrogens is 286 g/mol. The number of nitrogens with zero attached hydrogens (tertiary/aromatic N) is 1. The molecule has 120 valence electrons. The second kappa shape index (κ2) is 7.77. The topological polar surface area (TPSA) is 90.9 Å². The third-order valence-electron chi connectivity index (χ3n) is 3.20. The van der Waals surface area contributed by atoms with Gasteiger partial charge >= 0.3 is 0 Å². The molecule has 0 aliphatic carbocycles. The fourth-order valence-electron chi connectivity index (χ4n) is 2.23. The van der Waals surface area contributed by atoms with Crippen LogP contribution < -0.4 is 15.4 Å². The number of piperazine rings is 1. The number of ether oxygens (including phenoxy) is 1. The molecule has 0 aromatic heterocycles. The number of anilines is 1. The van der Waals surface area contributed by atoms with Gasteiger partial charge in [-0.2, -0.15) is 0 Å². The Labute approximate surface area is 129 Å². The summed E-state index contributed by atoms with van der Waals surface area (Å²) in [5.41, 5.74) is 0.694. The van der Waals surface area contributed by atoms with E-state index in [1.807, 2.05) is 4.90 Å². The summed E-state index contributed by atoms with van der Waals surface area (Å²) in [6.45, 7) is 3.64. The molecule has 0 saturated carbocycles. The summed E-state index contributed by atoms with van der Waals surface area (Å²) < 4.78 is 5.51. The van der Waals surface area contributed by atoms with Crippen LogP contribution in [-0.2, 0) is 9.59 Å². The number of nitrogens with one attached hydrogen (secondary N) is 2. The molecule has 22 heavy (non-hydrogen) atoms. The van der Waals surface area contributed by atoms with Gasteiger partial charge in [0.15, 0.2) is 0 Å². The number of hydrogen-bond acceptors (Lipinski definition) is 5. The fraction of sp³-hybridized carbons (Fsp3) is 0.467. The summed E-state index contributed by atoms with van der Waals surface area (Å²) in [5, 5.41) is 15.4. The summed E-state index contributed by atoms with van der Waals surface area (Å²) in [6.07, 6.45) is -0.666. The van der Waals surface area contributed by atoms with E-state index >= 15 is 0 Å². The molecule has 1 aliphatic heterocycles. The van der Waals surface area contributed by atoms with Gasteiger partial charge in [-0.15, -0.1) is 0 Å². The Morgan fingerprint density at radius 2 is 2.18 bits per heavy atom. The highest BCUT2D eigenvalue weighted by Crippen LogP contribution is 2.15. The predicted molar refractivity (Wildman–Crippen MR) is 81.7 cm³/mol. The molecule has 0 radical (unpaired) electrons. The van der Waals surface area contributed by atoms with Crippen LogP contribution in [0.4, 0.5) is 5.69 Å². The van der Waals surface area contributed by atoms with Crippen LogP contribution in [0.5, 0.6) is 5.75 Å². The first-order valence-electron chi connectivity index (χ1n) is 7.20. The van der Waals surface area contributed by atoms with E-state index in [-0.39, 0.29) is 18.4 Å². The van der Waals surface area contributed by atoms with Crippen LogP contribution in [0.1, 0.15) is 6.92 Å². The second-order valence-corrected chi connectivity index (χ2v) is 5.26. The molecule has 2 amide bonds. The van der Waals surface area contributed by atoms with Crippen LogP contribution in [0.15, 0.2) is 24.3 Å². The zero-order chi connectivity index (χ0) is 15.9. The van der Waals surface area contributed by atoms with Crippen LogP contribution in [0.25, 0.3) is 0 Å². The molecule has 1 atom stereocenters. The summed E-state index contributed by atoms with van der Waals surface area (Å²) in [6, 6.07) is 6.93. The van der Waals surface area contributed by atoms with Gasteiger partial charge in [0.05, 0.1) is 6.54 Å². The molecule has 1 saturated heterocycles. The van der Waals surface area contributed by atoms with Crippen molar-refractivity contribution in [2.45, 2.75) is 13.0 Å². The zero-order valence-electron chi connectivity index (χ0n) is 12.5. The lowest BCUT2D eigenvalue weighted by molar-refractivity contribution is -0.124. The number of rotatable bonds is 6. The average Bonchev–Trinajstić information content (AvgIpc) is 2.46. The predicted octanol–water partition coefficient (Wildman–Crippen LogP) is -0.183. The number of amides is 2. The highest BCUT2D eigenvalue weighted by Gasteiger charge is 2.19. The highest BCUT2D eigenvalue weighted by molar-refractivity contribution is 5.88. The minimum absolute atomic E-state index is 0.0204. The van der Waals surface area contributed by atoms with Gasteiger partial charge in [-0.3, -0.25) is 14.5 Å². The molecule has 7 nitrogen and oxygen atoms in total. The minimum atomic E-state index is -0.666. The highest BCUT2D eigenvalue weighted by atomic mass is 16.5. The quantitative estimate of drug-likeness (QED) is 0.678. The maximum atomic E-state index is 11.2. The summed E-state index contributed by atoms with van der Waals surface area (Å²) in [5.74, 6) is 0.465. The van der Waals surface area contributed by atoms with E-state index in [9.17, 15) is 14.7 Å². The van der Waals surface area contributed by atoms with Gasteiger partial charge in [0, 0.05) is 32.2 Å². The maximum absolute atomic E-state index is 11.2. The Morgan fingerprint density at radius 3 is 2.82 bits per heavy atom. The number of hydrogen-bond donors (Lipinski definition) is 3. The molecule has 1 aromatic rings. The maximum Gasteiger partial charge on any atom is 0.234 e. The largest absolute Gasteiger partial charge is 0.491 e. The van der Waals surface area contributed by atoms with E-state index in [2.05, 4.69) is 10.6 Å². The van der Waals surface area contributed by atoms with E-state index in [4.69, 9.17) is 4.74 Å². The average molecular weight is 307 g/mol. The van der Waals surface area contributed by atoms with Crippen molar-refractivity contribution in [3.8, 4) is 5.75 Å². The van der Waals surface area contributed by atoms with E-state index in [0.717, 1.165) is 6.54 Å². The molecule has 1 aromatic carbocycles. The number of aliphatic hydroxyl groups is 1. The normalized spacial score (nSPS) is 16.7. The second-order valence-electron chi connectivity index (χ2n) is 5.26. The fourth-order valence-corrected chi connectivity index (χ4v) is 2.23. The molecule has 1 fully saturated rings. The monoisotopic (exact) mass is 307 g/mol. The number of carbonyl (C=O) groups is 2. The SMILES string of the molecule is CC(=O)Nc1ccc(OCC(O)CN2CCNC(=O)C2)cc1. The molecule has 7 heteroatoms. The van der Waals surface area contributed by atoms with Crippen LogP contribution in [0, 0.1) is 0 Å².